The Hall–Kier alpha value is -1.95. The molecule has 0 aliphatic carbocycles. The second-order valence-corrected chi connectivity index (χ2v) is 5.21. The molecule has 5 nitrogen and oxygen atoms in total. The van der Waals surface area contributed by atoms with Crippen LogP contribution in [0.2, 0.25) is 0 Å². The van der Waals surface area contributed by atoms with Crippen molar-refractivity contribution in [3.8, 4) is 0 Å². The van der Waals surface area contributed by atoms with E-state index in [1.165, 1.54) is 12.1 Å². The Morgan fingerprint density at radius 2 is 2.15 bits per heavy atom. The van der Waals surface area contributed by atoms with Crippen molar-refractivity contribution in [2.45, 2.75) is 25.3 Å². The van der Waals surface area contributed by atoms with Crippen LogP contribution >= 0.6 is 0 Å². The number of hydrogen-bond acceptors (Lipinski definition) is 4. The predicted molar refractivity (Wildman–Crippen MR) is 75.0 cm³/mol. The zero-order chi connectivity index (χ0) is 13.9. The van der Waals surface area contributed by atoms with Gasteiger partial charge in [0, 0.05) is 25.6 Å². The molecule has 1 aliphatic rings. The molecule has 2 aromatic rings. The van der Waals surface area contributed by atoms with Crippen molar-refractivity contribution < 1.29 is 4.39 Å². The molecule has 1 aromatic carbocycles. The normalized spacial score (nSPS) is 16.6. The Balaban J connectivity index is 1.67. The monoisotopic (exact) mass is 275 g/mol. The molecule has 3 rings (SSSR count). The van der Waals surface area contributed by atoms with E-state index in [0.29, 0.717) is 12.4 Å². The molecule has 2 heterocycles. The third-order valence-corrected chi connectivity index (χ3v) is 3.60. The summed E-state index contributed by atoms with van der Waals surface area (Å²) in [7, 11) is 0. The van der Waals surface area contributed by atoms with Crippen LogP contribution in [0.1, 0.15) is 24.2 Å². The van der Waals surface area contributed by atoms with Crippen LogP contribution in [0.5, 0.6) is 0 Å². The number of piperidine rings is 1. The molecule has 0 amide bonds. The Bertz CT molecular complexity index is 574. The first-order chi connectivity index (χ1) is 9.70. The minimum atomic E-state index is -0.229. The summed E-state index contributed by atoms with van der Waals surface area (Å²) >= 11 is 0. The first-order valence-electron chi connectivity index (χ1n) is 6.87. The molecule has 0 saturated carbocycles. The number of nitrogens with zero attached hydrogens (tertiary/aromatic N) is 3. The van der Waals surface area contributed by atoms with E-state index in [1.54, 1.807) is 6.07 Å². The Morgan fingerprint density at radius 1 is 1.35 bits per heavy atom. The average Bonchev–Trinajstić information content (AvgIpc) is 2.88. The lowest BCUT2D eigenvalue weighted by atomic mass is 10.1. The van der Waals surface area contributed by atoms with E-state index in [4.69, 9.17) is 5.73 Å². The molecule has 1 aromatic heterocycles. The first-order valence-corrected chi connectivity index (χ1v) is 6.87. The zero-order valence-electron chi connectivity index (χ0n) is 11.2. The minimum Gasteiger partial charge on any atom is -0.339 e. The van der Waals surface area contributed by atoms with Crippen LogP contribution in [0.3, 0.4) is 0 Å². The van der Waals surface area contributed by atoms with Crippen molar-refractivity contribution in [2.75, 3.05) is 18.0 Å². The Kier molecular flexibility index (Phi) is 3.64. The maximum Gasteiger partial charge on any atom is 0.244 e. The van der Waals surface area contributed by atoms with Crippen molar-refractivity contribution in [3.05, 3.63) is 41.5 Å². The van der Waals surface area contributed by atoms with Gasteiger partial charge in [0.15, 0.2) is 0 Å². The van der Waals surface area contributed by atoms with Crippen molar-refractivity contribution in [3.63, 3.8) is 0 Å². The minimum absolute atomic E-state index is 0.229. The fourth-order valence-corrected chi connectivity index (χ4v) is 2.45. The Morgan fingerprint density at radius 3 is 2.90 bits per heavy atom. The van der Waals surface area contributed by atoms with E-state index in [2.05, 4.69) is 20.1 Å². The van der Waals surface area contributed by atoms with Gasteiger partial charge in [-0.1, -0.05) is 12.1 Å². The highest BCUT2D eigenvalue weighted by Gasteiger charge is 2.19. The number of benzene rings is 1. The van der Waals surface area contributed by atoms with Crippen LogP contribution < -0.4 is 10.6 Å². The van der Waals surface area contributed by atoms with Crippen molar-refractivity contribution in [1.29, 1.82) is 0 Å². The maximum atomic E-state index is 13.1. The summed E-state index contributed by atoms with van der Waals surface area (Å²) < 4.78 is 13.1. The number of aromatic amines is 1. The van der Waals surface area contributed by atoms with Crippen molar-refractivity contribution >= 4 is 5.95 Å². The summed E-state index contributed by atoms with van der Waals surface area (Å²) in [5.74, 6) is 1.23. The summed E-state index contributed by atoms with van der Waals surface area (Å²) in [6.07, 6.45) is 2.49. The van der Waals surface area contributed by atoms with Gasteiger partial charge in [-0.25, -0.2) is 4.39 Å². The highest BCUT2D eigenvalue weighted by Crippen LogP contribution is 2.16. The highest BCUT2D eigenvalue weighted by atomic mass is 19.1. The number of hydrogen-bond donors (Lipinski definition) is 2. The largest absolute Gasteiger partial charge is 0.339 e. The second kappa shape index (κ2) is 5.58. The zero-order valence-corrected chi connectivity index (χ0v) is 11.2. The van der Waals surface area contributed by atoms with Crippen molar-refractivity contribution in [1.82, 2.24) is 15.2 Å². The molecule has 0 unspecified atom stereocenters. The summed E-state index contributed by atoms with van der Waals surface area (Å²) in [6, 6.07) is 6.82. The number of nitrogens with one attached hydrogen (secondary N) is 1. The number of nitrogens with two attached hydrogens (primary N) is 1. The molecule has 0 bridgehead atoms. The smallest absolute Gasteiger partial charge is 0.244 e. The van der Waals surface area contributed by atoms with Gasteiger partial charge in [0.2, 0.25) is 5.95 Å². The van der Waals surface area contributed by atoms with E-state index in [0.717, 1.165) is 37.3 Å². The molecule has 106 valence electrons. The van der Waals surface area contributed by atoms with Crippen LogP contribution in [0.25, 0.3) is 0 Å². The summed E-state index contributed by atoms with van der Waals surface area (Å²) in [5, 5.41) is 7.16. The Labute approximate surface area is 117 Å². The number of aromatic nitrogens is 3. The van der Waals surface area contributed by atoms with Gasteiger partial charge < -0.3 is 10.6 Å². The van der Waals surface area contributed by atoms with Gasteiger partial charge >= 0.3 is 0 Å². The molecule has 1 fully saturated rings. The third kappa shape index (κ3) is 2.96. The van der Waals surface area contributed by atoms with E-state index in [1.807, 2.05) is 6.07 Å². The van der Waals surface area contributed by atoms with Crippen LogP contribution in [-0.2, 0) is 6.42 Å². The highest BCUT2D eigenvalue weighted by molar-refractivity contribution is 5.30. The quantitative estimate of drug-likeness (QED) is 0.889. The third-order valence-electron chi connectivity index (χ3n) is 3.60. The van der Waals surface area contributed by atoms with E-state index < -0.39 is 0 Å². The van der Waals surface area contributed by atoms with E-state index >= 15 is 0 Å². The lowest BCUT2D eigenvalue weighted by Gasteiger charge is -2.28. The summed E-state index contributed by atoms with van der Waals surface area (Å²) in [5.41, 5.74) is 6.77. The summed E-state index contributed by atoms with van der Waals surface area (Å²) in [4.78, 5) is 6.61. The van der Waals surface area contributed by atoms with Gasteiger partial charge in [-0.05, 0) is 30.5 Å². The molecule has 20 heavy (non-hydrogen) atoms. The number of anilines is 1. The standard InChI is InChI=1S/C14H18FN5/c15-11-3-1-2-10(8-11)9-13-17-14(19-18-13)20-6-4-12(16)5-7-20/h1-3,8,12H,4-7,9,16H2,(H,17,18,19). The lowest BCUT2D eigenvalue weighted by Crippen LogP contribution is -2.40. The molecule has 0 radical (unpaired) electrons. The van der Waals surface area contributed by atoms with E-state index in [9.17, 15) is 4.39 Å². The maximum absolute atomic E-state index is 13.1. The average molecular weight is 275 g/mol. The van der Waals surface area contributed by atoms with Crippen LogP contribution in [0, 0.1) is 5.82 Å². The predicted octanol–water partition coefficient (Wildman–Crippen LogP) is 1.46. The van der Waals surface area contributed by atoms with Gasteiger partial charge in [-0.15, -0.1) is 5.10 Å². The fourth-order valence-electron chi connectivity index (χ4n) is 2.45. The molecule has 1 aliphatic heterocycles. The van der Waals surface area contributed by atoms with Gasteiger partial charge in [-0.2, -0.15) is 4.98 Å². The number of rotatable bonds is 3. The molecular formula is C14H18FN5. The van der Waals surface area contributed by atoms with Gasteiger partial charge in [0.1, 0.15) is 11.6 Å². The van der Waals surface area contributed by atoms with Gasteiger partial charge in [-0.3, -0.25) is 5.10 Å². The molecule has 6 heteroatoms. The first kappa shape index (κ1) is 13.1. The molecule has 0 spiro atoms. The summed E-state index contributed by atoms with van der Waals surface area (Å²) in [6.45, 7) is 1.77. The molecule has 3 N–H and O–H groups in total. The van der Waals surface area contributed by atoms with Gasteiger partial charge in [0.25, 0.3) is 0 Å². The molecule has 0 atom stereocenters. The topological polar surface area (TPSA) is 70.8 Å². The molecule has 1 saturated heterocycles. The number of halogens is 1. The fraction of sp³-hybridized carbons (Fsp3) is 0.429. The van der Waals surface area contributed by atoms with Crippen LogP contribution in [-0.4, -0.2) is 34.3 Å². The van der Waals surface area contributed by atoms with Crippen molar-refractivity contribution in [2.24, 2.45) is 5.73 Å². The van der Waals surface area contributed by atoms with Crippen LogP contribution in [0.4, 0.5) is 10.3 Å². The van der Waals surface area contributed by atoms with Gasteiger partial charge in [0.05, 0.1) is 0 Å². The van der Waals surface area contributed by atoms with Crippen LogP contribution in [0.15, 0.2) is 24.3 Å². The molecular weight excluding hydrogens is 257 g/mol. The van der Waals surface area contributed by atoms with E-state index in [-0.39, 0.29) is 11.9 Å². The SMILES string of the molecule is NC1CCN(c2n[nH]c(Cc3cccc(F)c3)n2)CC1. The second-order valence-electron chi connectivity index (χ2n) is 5.21. The number of H-pyrrole nitrogens is 1. The lowest BCUT2D eigenvalue weighted by molar-refractivity contribution is 0.496.